The number of carbonyl (C=O) groups is 1. The lowest BCUT2D eigenvalue weighted by molar-refractivity contribution is -0.116. The van der Waals surface area contributed by atoms with Crippen molar-refractivity contribution in [2.45, 2.75) is 39.3 Å². The molecular weight excluding hydrogens is 427 g/mol. The van der Waals surface area contributed by atoms with Gasteiger partial charge in [-0.2, -0.15) is 5.10 Å². The zero-order valence-electron chi connectivity index (χ0n) is 15.5. The highest BCUT2D eigenvalue weighted by molar-refractivity contribution is 6.36. The lowest BCUT2D eigenvalue weighted by Gasteiger charge is -2.10. The predicted octanol–water partition coefficient (Wildman–Crippen LogP) is 4.45. The highest BCUT2D eigenvalue weighted by Crippen LogP contribution is 2.27. The summed E-state index contributed by atoms with van der Waals surface area (Å²) in [6, 6.07) is 2.23. The maximum atomic E-state index is 13.4. The molecule has 0 radical (unpaired) electrons. The number of nitrogens with zero attached hydrogens (tertiary/aromatic N) is 4. The number of hydrogen-bond donors (Lipinski definition) is 1. The minimum atomic E-state index is -2.81. The van der Waals surface area contributed by atoms with Gasteiger partial charge in [-0.25, -0.2) is 13.8 Å². The molecular formula is C18H17Cl2F2N5O2. The lowest BCUT2D eigenvalue weighted by atomic mass is 10.2. The van der Waals surface area contributed by atoms with Crippen molar-refractivity contribution in [2.24, 2.45) is 0 Å². The van der Waals surface area contributed by atoms with Crippen molar-refractivity contribution in [2.75, 3.05) is 5.32 Å². The number of nitrogens with one attached hydrogen (secondary N) is 1. The summed E-state index contributed by atoms with van der Waals surface area (Å²) >= 11 is 11.7. The number of halogens is 4. The average Bonchev–Trinajstić information content (AvgIpc) is 3.08. The number of fused-ring (bicyclic) bond motifs is 1. The van der Waals surface area contributed by atoms with Crippen LogP contribution in [-0.4, -0.2) is 25.2 Å². The SMILES string of the molecule is CC(C)n1cc2c(C(F)F)cc(=O)n(CCC(=O)Nc3ncc(Cl)cc3Cl)c2n1. The van der Waals surface area contributed by atoms with Gasteiger partial charge in [-0.05, 0) is 19.9 Å². The van der Waals surface area contributed by atoms with Crippen molar-refractivity contribution >= 4 is 46.0 Å². The van der Waals surface area contributed by atoms with Crippen LogP contribution in [0, 0.1) is 0 Å². The molecule has 3 rings (SSSR count). The largest absolute Gasteiger partial charge is 0.309 e. The van der Waals surface area contributed by atoms with Gasteiger partial charge in [0.05, 0.1) is 10.0 Å². The third-order valence-electron chi connectivity index (χ3n) is 4.22. The summed E-state index contributed by atoms with van der Waals surface area (Å²) in [5.41, 5.74) is -0.927. The van der Waals surface area contributed by atoms with E-state index in [0.29, 0.717) is 5.02 Å². The Morgan fingerprint density at radius 1 is 1.28 bits per heavy atom. The third-order valence-corrected chi connectivity index (χ3v) is 4.71. The molecule has 0 unspecified atom stereocenters. The number of amides is 1. The van der Waals surface area contributed by atoms with Crippen LogP contribution < -0.4 is 10.9 Å². The molecule has 3 heterocycles. The Balaban J connectivity index is 1.87. The van der Waals surface area contributed by atoms with Crippen LogP contribution in [0.15, 0.2) is 29.3 Å². The Labute approximate surface area is 174 Å². The molecule has 7 nitrogen and oxygen atoms in total. The molecule has 0 aliphatic heterocycles. The monoisotopic (exact) mass is 443 g/mol. The van der Waals surface area contributed by atoms with Crippen LogP contribution >= 0.6 is 23.2 Å². The van der Waals surface area contributed by atoms with Gasteiger partial charge in [-0.3, -0.25) is 18.8 Å². The zero-order chi connectivity index (χ0) is 21.3. The van der Waals surface area contributed by atoms with E-state index >= 15 is 0 Å². The first-order valence-electron chi connectivity index (χ1n) is 8.69. The van der Waals surface area contributed by atoms with E-state index in [1.807, 2.05) is 13.8 Å². The minimum absolute atomic E-state index is 0.0506. The second kappa shape index (κ2) is 8.46. The van der Waals surface area contributed by atoms with Crippen molar-refractivity contribution in [3.63, 3.8) is 0 Å². The van der Waals surface area contributed by atoms with Crippen LogP contribution in [0.1, 0.15) is 38.3 Å². The summed E-state index contributed by atoms with van der Waals surface area (Å²) in [6.45, 7) is 3.63. The fourth-order valence-corrected chi connectivity index (χ4v) is 3.18. The Hall–Kier alpha value is -2.52. The van der Waals surface area contributed by atoms with Crippen molar-refractivity contribution in [1.29, 1.82) is 0 Å². The molecule has 3 aromatic rings. The van der Waals surface area contributed by atoms with Crippen LogP contribution in [0.25, 0.3) is 11.0 Å². The Morgan fingerprint density at radius 2 is 2.00 bits per heavy atom. The van der Waals surface area contributed by atoms with Gasteiger partial charge in [0, 0.05) is 48.4 Å². The second-order valence-electron chi connectivity index (χ2n) is 6.61. The number of anilines is 1. The van der Waals surface area contributed by atoms with E-state index in [1.165, 1.54) is 27.7 Å². The molecule has 0 aromatic carbocycles. The molecule has 0 saturated carbocycles. The average molecular weight is 444 g/mol. The zero-order valence-corrected chi connectivity index (χ0v) is 17.0. The first-order chi connectivity index (χ1) is 13.7. The summed E-state index contributed by atoms with van der Waals surface area (Å²) < 4.78 is 29.4. The number of carbonyl (C=O) groups excluding carboxylic acids is 1. The summed E-state index contributed by atoms with van der Waals surface area (Å²) in [7, 11) is 0. The van der Waals surface area contributed by atoms with Gasteiger partial charge in [0.2, 0.25) is 5.91 Å². The van der Waals surface area contributed by atoms with Gasteiger partial charge in [0.25, 0.3) is 12.0 Å². The smallest absolute Gasteiger partial charge is 0.264 e. The van der Waals surface area contributed by atoms with Gasteiger partial charge >= 0.3 is 0 Å². The molecule has 29 heavy (non-hydrogen) atoms. The molecule has 1 amide bonds. The Bertz CT molecular complexity index is 1130. The number of pyridine rings is 2. The predicted molar refractivity (Wildman–Crippen MR) is 107 cm³/mol. The third kappa shape index (κ3) is 4.56. The Kier molecular flexibility index (Phi) is 6.18. The molecule has 11 heteroatoms. The van der Waals surface area contributed by atoms with Crippen molar-refractivity contribution < 1.29 is 13.6 Å². The fourth-order valence-electron chi connectivity index (χ4n) is 2.75. The van der Waals surface area contributed by atoms with E-state index in [0.717, 1.165) is 6.07 Å². The highest BCUT2D eigenvalue weighted by atomic mass is 35.5. The lowest BCUT2D eigenvalue weighted by Crippen LogP contribution is -2.24. The molecule has 0 aliphatic rings. The van der Waals surface area contributed by atoms with E-state index in [-0.39, 0.29) is 46.4 Å². The van der Waals surface area contributed by atoms with E-state index in [9.17, 15) is 18.4 Å². The number of aryl methyl sites for hydroxylation is 1. The first-order valence-corrected chi connectivity index (χ1v) is 9.44. The molecule has 3 aromatic heterocycles. The second-order valence-corrected chi connectivity index (χ2v) is 7.46. The number of hydrogen-bond acceptors (Lipinski definition) is 4. The molecule has 0 bridgehead atoms. The molecule has 0 saturated heterocycles. The van der Waals surface area contributed by atoms with E-state index < -0.39 is 17.9 Å². The van der Waals surface area contributed by atoms with Gasteiger partial charge in [-0.1, -0.05) is 23.2 Å². The van der Waals surface area contributed by atoms with E-state index in [2.05, 4.69) is 15.4 Å². The van der Waals surface area contributed by atoms with Crippen LogP contribution in [0.2, 0.25) is 10.0 Å². The number of rotatable bonds is 6. The topological polar surface area (TPSA) is 81.8 Å². The van der Waals surface area contributed by atoms with Crippen molar-refractivity contribution in [1.82, 2.24) is 19.3 Å². The summed E-state index contributed by atoms with van der Waals surface area (Å²) in [4.78, 5) is 28.6. The van der Waals surface area contributed by atoms with Crippen LogP contribution in [-0.2, 0) is 11.3 Å². The van der Waals surface area contributed by atoms with Gasteiger partial charge < -0.3 is 5.32 Å². The molecule has 154 valence electrons. The summed E-state index contributed by atoms with van der Waals surface area (Å²) in [5.74, 6) is -0.321. The first kappa shape index (κ1) is 21.2. The van der Waals surface area contributed by atoms with Crippen LogP contribution in [0.5, 0.6) is 0 Å². The molecule has 0 spiro atoms. The summed E-state index contributed by atoms with van der Waals surface area (Å²) in [5, 5.41) is 7.46. The summed E-state index contributed by atoms with van der Waals surface area (Å²) in [6.07, 6.45) is -0.114. The Morgan fingerprint density at radius 3 is 2.62 bits per heavy atom. The normalized spacial score (nSPS) is 11.6. The molecule has 1 N–H and O–H groups in total. The van der Waals surface area contributed by atoms with Gasteiger partial charge in [0.15, 0.2) is 11.5 Å². The maximum Gasteiger partial charge on any atom is 0.264 e. The van der Waals surface area contributed by atoms with E-state index in [4.69, 9.17) is 23.2 Å². The molecule has 0 fully saturated rings. The number of aromatic nitrogens is 4. The van der Waals surface area contributed by atoms with Gasteiger partial charge in [-0.15, -0.1) is 0 Å². The fraction of sp³-hybridized carbons (Fsp3) is 0.333. The quantitative estimate of drug-likeness (QED) is 0.609. The standard InChI is InChI=1S/C18H17Cl2F2N5O2/c1-9(2)27-8-12-11(16(21)22)6-15(29)26(18(12)25-27)4-3-14(28)24-17-13(20)5-10(19)7-23-17/h5-9,16H,3-4H2,1-2H3,(H,23,24,28). The van der Waals surface area contributed by atoms with E-state index in [1.54, 1.807) is 0 Å². The molecule has 0 aliphatic carbocycles. The highest BCUT2D eigenvalue weighted by Gasteiger charge is 2.20. The van der Waals surface area contributed by atoms with Crippen molar-refractivity contribution in [3.05, 3.63) is 50.5 Å². The molecule has 0 atom stereocenters. The van der Waals surface area contributed by atoms with Crippen molar-refractivity contribution in [3.8, 4) is 0 Å². The van der Waals surface area contributed by atoms with Gasteiger partial charge in [0.1, 0.15) is 0 Å². The minimum Gasteiger partial charge on any atom is -0.309 e. The van der Waals surface area contributed by atoms with Crippen LogP contribution in [0.4, 0.5) is 14.6 Å². The van der Waals surface area contributed by atoms with Crippen LogP contribution in [0.3, 0.4) is 0 Å². The maximum absolute atomic E-state index is 13.4. The number of alkyl halides is 2.